The Morgan fingerprint density at radius 1 is 0.400 bits per heavy atom. The van der Waals surface area contributed by atoms with E-state index in [0.29, 0.717) is 0 Å². The van der Waals surface area contributed by atoms with Crippen molar-refractivity contribution in [2.45, 2.75) is 5.92 Å². The Bertz CT molecular complexity index is 2980. The van der Waals surface area contributed by atoms with E-state index in [1.807, 2.05) is 42.5 Å². The Morgan fingerprint density at radius 2 is 0.891 bits per heavy atom. The van der Waals surface area contributed by atoms with Crippen molar-refractivity contribution in [3.05, 3.63) is 217 Å². The molecule has 3 heteroatoms. The number of fused-ring (bicyclic) bond motifs is 4. The summed E-state index contributed by atoms with van der Waals surface area (Å²) in [6.45, 7) is 0. The molecular formula is C52H34NOP. The molecule has 9 aromatic rings. The molecule has 258 valence electrons. The third-order valence-electron chi connectivity index (χ3n) is 11.6. The summed E-state index contributed by atoms with van der Waals surface area (Å²) in [5, 5.41) is 7.59. The molecule has 0 amide bonds. The van der Waals surface area contributed by atoms with Gasteiger partial charge in [0, 0.05) is 21.5 Å². The van der Waals surface area contributed by atoms with Gasteiger partial charge in [-0.1, -0.05) is 188 Å². The molecule has 2 heterocycles. The molecule has 2 atom stereocenters. The lowest BCUT2D eigenvalue weighted by Crippen LogP contribution is -2.37. The molecule has 0 radical (unpaired) electrons. The molecule has 2 nitrogen and oxygen atoms in total. The van der Waals surface area contributed by atoms with E-state index in [2.05, 4.69) is 158 Å². The van der Waals surface area contributed by atoms with E-state index >= 15 is 4.57 Å². The number of nitrogens with zero attached hydrogens (tertiary/aromatic N) is 1. The number of aliphatic imine (C=N–C) groups is 1. The van der Waals surface area contributed by atoms with Gasteiger partial charge in [0.05, 0.1) is 17.3 Å². The van der Waals surface area contributed by atoms with Crippen LogP contribution in [0.1, 0.15) is 22.6 Å². The highest BCUT2D eigenvalue weighted by Crippen LogP contribution is 2.56. The number of hydrogen-bond acceptors (Lipinski definition) is 2. The zero-order valence-corrected chi connectivity index (χ0v) is 30.8. The van der Waals surface area contributed by atoms with Gasteiger partial charge in [0.2, 0.25) is 0 Å². The maximum Gasteiger partial charge on any atom is 0.171 e. The van der Waals surface area contributed by atoms with Gasteiger partial charge in [-0.3, -0.25) is 4.99 Å². The molecule has 0 bridgehead atoms. The lowest BCUT2D eigenvalue weighted by Gasteiger charge is -2.33. The smallest absolute Gasteiger partial charge is 0.171 e. The molecule has 0 spiro atoms. The Morgan fingerprint density at radius 3 is 1.49 bits per heavy atom. The van der Waals surface area contributed by atoms with E-state index < -0.39 is 7.14 Å². The maximum atomic E-state index is 16.0. The topological polar surface area (TPSA) is 29.4 Å². The number of rotatable bonds is 5. The monoisotopic (exact) mass is 719 g/mol. The van der Waals surface area contributed by atoms with Crippen LogP contribution in [0.4, 0.5) is 5.69 Å². The van der Waals surface area contributed by atoms with Crippen LogP contribution in [0.3, 0.4) is 0 Å². The normalized spacial score (nSPS) is 16.8. The van der Waals surface area contributed by atoms with Crippen molar-refractivity contribution in [3.8, 4) is 33.4 Å². The van der Waals surface area contributed by atoms with Crippen molar-refractivity contribution in [1.82, 2.24) is 0 Å². The summed E-state index contributed by atoms with van der Waals surface area (Å²) in [6.07, 6.45) is 0. The molecule has 2 unspecified atom stereocenters. The van der Waals surface area contributed by atoms with Gasteiger partial charge in [-0.2, -0.15) is 0 Å². The van der Waals surface area contributed by atoms with Crippen LogP contribution in [0.2, 0.25) is 0 Å². The third kappa shape index (κ3) is 4.82. The number of hydrogen-bond donors (Lipinski definition) is 0. The largest absolute Gasteiger partial charge is 0.309 e. The molecule has 11 rings (SSSR count). The summed E-state index contributed by atoms with van der Waals surface area (Å²) in [5.74, 6) is -0.0915. The predicted octanol–water partition coefficient (Wildman–Crippen LogP) is 12.2. The van der Waals surface area contributed by atoms with Crippen LogP contribution in [-0.4, -0.2) is 5.71 Å². The van der Waals surface area contributed by atoms with Crippen LogP contribution in [0.25, 0.3) is 54.9 Å². The molecule has 2 aliphatic heterocycles. The van der Waals surface area contributed by atoms with Crippen molar-refractivity contribution < 1.29 is 4.57 Å². The highest BCUT2D eigenvalue weighted by atomic mass is 31.2. The lowest BCUT2D eigenvalue weighted by atomic mass is 9.84. The Labute approximate surface area is 320 Å². The minimum atomic E-state index is -3.25. The van der Waals surface area contributed by atoms with E-state index in [-0.39, 0.29) is 5.92 Å². The van der Waals surface area contributed by atoms with E-state index in [0.717, 1.165) is 55.1 Å². The molecule has 0 fully saturated rings. The van der Waals surface area contributed by atoms with Crippen molar-refractivity contribution in [2.24, 2.45) is 4.99 Å². The van der Waals surface area contributed by atoms with Crippen molar-refractivity contribution in [3.63, 3.8) is 0 Å². The fraction of sp³-hybridized carbons (Fsp3) is 0.0192. The first-order valence-corrected chi connectivity index (χ1v) is 20.6. The van der Waals surface area contributed by atoms with Crippen molar-refractivity contribution in [1.29, 1.82) is 0 Å². The molecular weight excluding hydrogens is 686 g/mol. The van der Waals surface area contributed by atoms with Gasteiger partial charge >= 0.3 is 0 Å². The van der Waals surface area contributed by atoms with Gasteiger partial charge in [0.15, 0.2) is 7.14 Å². The molecule has 0 aliphatic carbocycles. The van der Waals surface area contributed by atoms with Gasteiger partial charge < -0.3 is 4.57 Å². The molecule has 55 heavy (non-hydrogen) atoms. The van der Waals surface area contributed by atoms with Gasteiger partial charge in [-0.05, 0) is 78.2 Å². The van der Waals surface area contributed by atoms with Crippen molar-refractivity contribution in [2.75, 3.05) is 0 Å². The summed E-state index contributed by atoms with van der Waals surface area (Å²) >= 11 is 0. The van der Waals surface area contributed by atoms with E-state index in [9.17, 15) is 0 Å². The fourth-order valence-corrected chi connectivity index (χ4v) is 12.3. The Hall–Kier alpha value is -6.60. The highest BCUT2D eigenvalue weighted by molar-refractivity contribution is 7.85. The Kier molecular flexibility index (Phi) is 7.24. The van der Waals surface area contributed by atoms with Crippen LogP contribution in [0, 0.1) is 0 Å². The second-order valence-electron chi connectivity index (χ2n) is 14.5. The van der Waals surface area contributed by atoms with Crippen LogP contribution >= 0.6 is 7.14 Å². The summed E-state index contributed by atoms with van der Waals surface area (Å²) in [7, 11) is -3.25. The summed E-state index contributed by atoms with van der Waals surface area (Å²) in [4.78, 5) is 5.21. The molecule has 0 N–H and O–H groups in total. The summed E-state index contributed by atoms with van der Waals surface area (Å²) in [6, 6.07) is 70.5. The average Bonchev–Trinajstić information content (AvgIpc) is 3.66. The van der Waals surface area contributed by atoms with Gasteiger partial charge in [0.1, 0.15) is 0 Å². The van der Waals surface area contributed by atoms with E-state index in [4.69, 9.17) is 4.99 Å². The second kappa shape index (κ2) is 12.5. The van der Waals surface area contributed by atoms with Crippen molar-refractivity contribution >= 4 is 56.0 Å². The van der Waals surface area contributed by atoms with E-state index in [1.165, 1.54) is 43.8 Å². The average molecular weight is 720 g/mol. The quantitative estimate of drug-likeness (QED) is 0.129. The third-order valence-corrected chi connectivity index (χ3v) is 14.7. The second-order valence-corrected chi connectivity index (χ2v) is 17.2. The van der Waals surface area contributed by atoms with Gasteiger partial charge in [-0.25, -0.2) is 0 Å². The van der Waals surface area contributed by atoms with Crippen LogP contribution < -0.4 is 15.9 Å². The minimum absolute atomic E-state index is 0.0915. The first-order valence-electron chi connectivity index (χ1n) is 18.9. The van der Waals surface area contributed by atoms with Crippen LogP contribution in [0.15, 0.2) is 205 Å². The minimum Gasteiger partial charge on any atom is -0.309 e. The fourth-order valence-electron chi connectivity index (χ4n) is 9.15. The van der Waals surface area contributed by atoms with Crippen LogP contribution in [0.5, 0.6) is 0 Å². The molecule has 2 aliphatic rings. The molecule has 9 aromatic carbocycles. The first-order chi connectivity index (χ1) is 27.2. The van der Waals surface area contributed by atoms with E-state index in [1.54, 1.807) is 0 Å². The SMILES string of the molecule is O=P1(c2ccccc2)c2cc(-c3ccc(-c4c5ccccc5c(-c5ccccc5)c5ccccc45)cc3)ccc2C2C(c3ccccc3)=Nc3cccc1c32. The molecule has 0 aromatic heterocycles. The molecule has 0 saturated carbocycles. The van der Waals surface area contributed by atoms with Crippen LogP contribution in [-0.2, 0) is 4.57 Å². The Balaban J connectivity index is 1.08. The van der Waals surface area contributed by atoms with Gasteiger partial charge in [0.25, 0.3) is 0 Å². The van der Waals surface area contributed by atoms with Gasteiger partial charge in [-0.15, -0.1) is 0 Å². The predicted molar refractivity (Wildman–Crippen MR) is 232 cm³/mol. The zero-order valence-electron chi connectivity index (χ0n) is 29.9. The summed E-state index contributed by atoms with van der Waals surface area (Å²) < 4.78 is 16.0. The first kappa shape index (κ1) is 31.9. The lowest BCUT2D eigenvalue weighted by molar-refractivity contribution is 0.592. The summed E-state index contributed by atoms with van der Waals surface area (Å²) in [5.41, 5.74) is 12.2. The number of benzene rings is 9. The molecule has 0 saturated heterocycles. The standard InChI is InChI=1S/C52H34NOP/c54-55(39-19-8-3-9-20-39)46-26-14-25-45-51(46)50(52(53-45)37-17-6-2-7-18-37)44-32-31-38(33-47(44)55)34-27-29-36(30-28-34)49-42-23-12-10-21-40(42)48(35-15-4-1-5-16-35)41-22-11-13-24-43(41)49/h1-33,50H. The zero-order chi connectivity index (χ0) is 36.5. The maximum absolute atomic E-state index is 16.0. The highest BCUT2D eigenvalue weighted by Gasteiger charge is 2.46.